The van der Waals surface area contributed by atoms with Crippen LogP contribution < -0.4 is 10.1 Å². The minimum atomic E-state index is -0.333. The number of halogens is 1. The minimum Gasteiger partial charge on any atom is -0.494 e. The zero-order valence-corrected chi connectivity index (χ0v) is 11.8. The third-order valence-corrected chi connectivity index (χ3v) is 3.29. The van der Waals surface area contributed by atoms with Gasteiger partial charge in [-0.1, -0.05) is 6.07 Å². The van der Waals surface area contributed by atoms with Crippen molar-refractivity contribution < 1.29 is 9.13 Å². The molecule has 4 heteroatoms. The average molecular weight is 274 g/mol. The van der Waals surface area contributed by atoms with Crippen LogP contribution in [0.15, 0.2) is 42.7 Å². The molecule has 0 fully saturated rings. The maximum atomic E-state index is 13.4. The Morgan fingerprint density at radius 2 is 2.00 bits per heavy atom. The number of hydrogen-bond donors (Lipinski definition) is 1. The lowest BCUT2D eigenvalue weighted by Crippen LogP contribution is -2.21. The topological polar surface area (TPSA) is 34.1 Å². The Bertz CT molecular complexity index is 545. The number of ether oxygens (including phenoxy) is 1. The van der Waals surface area contributed by atoms with Gasteiger partial charge in [0.15, 0.2) is 11.6 Å². The number of rotatable bonds is 6. The van der Waals surface area contributed by atoms with E-state index in [2.05, 4.69) is 17.2 Å². The number of nitrogens with zero attached hydrogens (tertiary/aromatic N) is 1. The molecule has 1 aromatic carbocycles. The molecule has 2 aromatic rings. The second kappa shape index (κ2) is 7.01. The van der Waals surface area contributed by atoms with Gasteiger partial charge in [0, 0.05) is 18.4 Å². The second-order valence-corrected chi connectivity index (χ2v) is 4.68. The first-order valence-corrected chi connectivity index (χ1v) is 6.66. The molecule has 3 nitrogen and oxygen atoms in total. The molecule has 0 aliphatic heterocycles. The van der Waals surface area contributed by atoms with Gasteiger partial charge in [-0.3, -0.25) is 4.98 Å². The highest BCUT2D eigenvalue weighted by Crippen LogP contribution is 2.22. The van der Waals surface area contributed by atoms with E-state index in [1.54, 1.807) is 24.5 Å². The lowest BCUT2D eigenvalue weighted by atomic mass is 10.1. The Morgan fingerprint density at radius 1 is 1.25 bits per heavy atom. The van der Waals surface area contributed by atoms with Gasteiger partial charge < -0.3 is 10.1 Å². The van der Waals surface area contributed by atoms with E-state index in [0.29, 0.717) is 0 Å². The zero-order valence-electron chi connectivity index (χ0n) is 11.8. The Kier molecular flexibility index (Phi) is 5.07. The van der Waals surface area contributed by atoms with Crippen molar-refractivity contribution in [2.45, 2.75) is 19.4 Å². The van der Waals surface area contributed by atoms with Crippen molar-refractivity contribution in [3.05, 3.63) is 59.7 Å². The van der Waals surface area contributed by atoms with Gasteiger partial charge in [0.2, 0.25) is 0 Å². The van der Waals surface area contributed by atoms with Crippen molar-refractivity contribution in [1.82, 2.24) is 10.3 Å². The predicted octanol–water partition coefficient (Wildman–Crippen LogP) is 3.12. The van der Waals surface area contributed by atoms with E-state index in [-0.39, 0.29) is 17.6 Å². The van der Waals surface area contributed by atoms with Crippen LogP contribution in [0.1, 0.15) is 24.1 Å². The molecular formula is C16H19FN2O. The van der Waals surface area contributed by atoms with E-state index in [4.69, 9.17) is 4.74 Å². The molecule has 20 heavy (non-hydrogen) atoms. The molecule has 1 N–H and O–H groups in total. The molecule has 1 aromatic heterocycles. The highest BCUT2D eigenvalue weighted by atomic mass is 19.1. The monoisotopic (exact) mass is 274 g/mol. The summed E-state index contributed by atoms with van der Waals surface area (Å²) in [5.74, 6) is -0.0504. The first kappa shape index (κ1) is 14.5. The lowest BCUT2D eigenvalue weighted by Gasteiger charge is -2.15. The summed E-state index contributed by atoms with van der Waals surface area (Å²) >= 11 is 0. The van der Waals surface area contributed by atoms with Gasteiger partial charge in [0.05, 0.1) is 7.11 Å². The van der Waals surface area contributed by atoms with Gasteiger partial charge in [0.1, 0.15) is 0 Å². The summed E-state index contributed by atoms with van der Waals surface area (Å²) in [5, 5.41) is 3.42. The molecular weight excluding hydrogens is 255 g/mol. The van der Waals surface area contributed by atoms with Crippen LogP contribution in [-0.2, 0) is 6.42 Å². The smallest absolute Gasteiger partial charge is 0.165 e. The van der Waals surface area contributed by atoms with E-state index in [0.717, 1.165) is 18.5 Å². The highest BCUT2D eigenvalue weighted by molar-refractivity contribution is 5.31. The Balaban J connectivity index is 1.90. The molecule has 0 saturated carbocycles. The fourth-order valence-corrected chi connectivity index (χ4v) is 2.05. The minimum absolute atomic E-state index is 0.145. The molecule has 1 unspecified atom stereocenters. The summed E-state index contributed by atoms with van der Waals surface area (Å²) in [6.07, 6.45) is 4.53. The lowest BCUT2D eigenvalue weighted by molar-refractivity contribution is 0.385. The van der Waals surface area contributed by atoms with Crippen molar-refractivity contribution in [3.8, 4) is 5.75 Å². The molecule has 0 radical (unpaired) electrons. The van der Waals surface area contributed by atoms with E-state index in [1.165, 1.54) is 18.7 Å². The van der Waals surface area contributed by atoms with Gasteiger partial charge in [0.25, 0.3) is 0 Å². The van der Waals surface area contributed by atoms with Crippen molar-refractivity contribution in [2.24, 2.45) is 0 Å². The number of hydrogen-bond acceptors (Lipinski definition) is 3. The van der Waals surface area contributed by atoms with Gasteiger partial charge in [-0.15, -0.1) is 0 Å². The summed E-state index contributed by atoms with van der Waals surface area (Å²) in [6, 6.07) is 9.11. The third kappa shape index (κ3) is 3.78. The van der Waals surface area contributed by atoms with Crippen molar-refractivity contribution in [3.63, 3.8) is 0 Å². The maximum Gasteiger partial charge on any atom is 0.165 e. The molecule has 1 heterocycles. The number of pyridine rings is 1. The summed E-state index contributed by atoms with van der Waals surface area (Å²) in [6.45, 7) is 2.91. The molecule has 0 amide bonds. The van der Waals surface area contributed by atoms with Gasteiger partial charge in [-0.05, 0) is 55.3 Å². The largest absolute Gasteiger partial charge is 0.494 e. The molecule has 2 rings (SSSR count). The van der Waals surface area contributed by atoms with Crippen LogP contribution in [0.25, 0.3) is 0 Å². The average Bonchev–Trinajstić information content (AvgIpc) is 2.48. The maximum absolute atomic E-state index is 13.4. The molecule has 0 spiro atoms. The third-order valence-electron chi connectivity index (χ3n) is 3.29. The van der Waals surface area contributed by atoms with Gasteiger partial charge in [-0.25, -0.2) is 4.39 Å². The summed E-state index contributed by atoms with van der Waals surface area (Å²) < 4.78 is 18.4. The molecule has 1 atom stereocenters. The first-order valence-electron chi connectivity index (χ1n) is 6.66. The summed E-state index contributed by atoms with van der Waals surface area (Å²) in [4.78, 5) is 3.99. The Labute approximate surface area is 118 Å². The van der Waals surface area contributed by atoms with Crippen LogP contribution in [0.2, 0.25) is 0 Å². The quantitative estimate of drug-likeness (QED) is 0.878. The number of benzene rings is 1. The van der Waals surface area contributed by atoms with Gasteiger partial charge >= 0.3 is 0 Å². The van der Waals surface area contributed by atoms with Crippen LogP contribution in [-0.4, -0.2) is 18.6 Å². The molecule has 106 valence electrons. The van der Waals surface area contributed by atoms with Crippen LogP contribution in [0.4, 0.5) is 4.39 Å². The first-order chi connectivity index (χ1) is 9.70. The standard InChI is InChI=1S/C16H19FN2O/c1-12(14-3-4-15(17)16(11-14)20-2)19-10-7-13-5-8-18-9-6-13/h3-6,8-9,11-12,19H,7,10H2,1-2H3. The normalized spacial score (nSPS) is 12.2. The van der Waals surface area contributed by atoms with Crippen LogP contribution >= 0.6 is 0 Å². The Hall–Kier alpha value is -1.94. The second-order valence-electron chi connectivity index (χ2n) is 4.68. The van der Waals surface area contributed by atoms with Crippen LogP contribution in [0.5, 0.6) is 5.75 Å². The van der Waals surface area contributed by atoms with Crippen molar-refractivity contribution in [1.29, 1.82) is 0 Å². The number of methoxy groups -OCH3 is 1. The molecule has 0 saturated heterocycles. The Morgan fingerprint density at radius 3 is 2.70 bits per heavy atom. The summed E-state index contributed by atoms with van der Waals surface area (Å²) in [7, 11) is 1.48. The summed E-state index contributed by atoms with van der Waals surface area (Å²) in [5.41, 5.74) is 2.26. The van der Waals surface area contributed by atoms with E-state index in [1.807, 2.05) is 12.1 Å². The fraction of sp³-hybridized carbons (Fsp3) is 0.312. The number of nitrogens with one attached hydrogen (secondary N) is 1. The molecule has 0 aliphatic carbocycles. The molecule has 0 aliphatic rings. The van der Waals surface area contributed by atoms with Crippen LogP contribution in [0, 0.1) is 5.82 Å². The predicted molar refractivity (Wildman–Crippen MR) is 77.3 cm³/mol. The zero-order chi connectivity index (χ0) is 14.4. The number of aromatic nitrogens is 1. The highest BCUT2D eigenvalue weighted by Gasteiger charge is 2.09. The van der Waals surface area contributed by atoms with E-state index >= 15 is 0 Å². The van der Waals surface area contributed by atoms with E-state index in [9.17, 15) is 4.39 Å². The van der Waals surface area contributed by atoms with Crippen molar-refractivity contribution in [2.75, 3.05) is 13.7 Å². The molecule has 0 bridgehead atoms. The van der Waals surface area contributed by atoms with Crippen molar-refractivity contribution >= 4 is 0 Å². The van der Waals surface area contributed by atoms with Crippen LogP contribution in [0.3, 0.4) is 0 Å². The van der Waals surface area contributed by atoms with E-state index < -0.39 is 0 Å². The van der Waals surface area contributed by atoms with Gasteiger partial charge in [-0.2, -0.15) is 0 Å². The fourth-order valence-electron chi connectivity index (χ4n) is 2.05. The SMILES string of the molecule is COc1cc(C(C)NCCc2ccncc2)ccc1F.